The van der Waals surface area contributed by atoms with Crippen molar-refractivity contribution in [2.45, 2.75) is 49.5 Å². The highest BCUT2D eigenvalue weighted by molar-refractivity contribution is 7.89. The highest BCUT2D eigenvalue weighted by atomic mass is 35.5. The van der Waals surface area contributed by atoms with Gasteiger partial charge >= 0.3 is 0 Å². The summed E-state index contributed by atoms with van der Waals surface area (Å²) in [6.07, 6.45) is 7.77. The van der Waals surface area contributed by atoms with Crippen LogP contribution in [0.4, 0.5) is 0 Å². The van der Waals surface area contributed by atoms with E-state index in [9.17, 15) is 13.2 Å². The fourth-order valence-corrected chi connectivity index (χ4v) is 5.38. The molecule has 8 heteroatoms. The highest BCUT2D eigenvalue weighted by Gasteiger charge is 2.28. The van der Waals surface area contributed by atoms with Crippen LogP contribution in [0.3, 0.4) is 0 Å². The van der Waals surface area contributed by atoms with Crippen LogP contribution >= 0.6 is 11.6 Å². The summed E-state index contributed by atoms with van der Waals surface area (Å²) < 4.78 is 34.1. The predicted molar refractivity (Wildman–Crippen MR) is 126 cm³/mol. The molecule has 0 bridgehead atoms. The van der Waals surface area contributed by atoms with Crippen LogP contribution in [0.5, 0.6) is 5.75 Å². The molecule has 2 aromatic rings. The first kappa shape index (κ1) is 24.3. The minimum absolute atomic E-state index is 0.106. The first-order chi connectivity index (χ1) is 15.4. The first-order valence-corrected chi connectivity index (χ1v) is 12.6. The zero-order valence-electron chi connectivity index (χ0n) is 18.1. The molecule has 1 atom stereocenters. The number of methoxy groups -OCH3 is 1. The van der Waals surface area contributed by atoms with Crippen molar-refractivity contribution in [2.24, 2.45) is 0 Å². The Bertz CT molecular complexity index is 1050. The number of amides is 1. The molecule has 0 spiro atoms. The molecule has 1 aliphatic carbocycles. The summed E-state index contributed by atoms with van der Waals surface area (Å²) in [5.74, 6) is -0.208. The van der Waals surface area contributed by atoms with E-state index < -0.39 is 16.1 Å². The molecular weight excluding hydrogens is 448 g/mol. The fraction of sp³-hybridized carbons (Fsp3) is 0.375. The smallest absolute Gasteiger partial charge is 0.245 e. The van der Waals surface area contributed by atoms with Crippen LogP contribution in [0.2, 0.25) is 5.02 Å². The molecule has 0 heterocycles. The van der Waals surface area contributed by atoms with Crippen LogP contribution in [0.25, 0.3) is 0 Å². The summed E-state index contributed by atoms with van der Waals surface area (Å²) >= 11 is 6.02. The van der Waals surface area contributed by atoms with Crippen LogP contribution in [-0.4, -0.2) is 34.0 Å². The maximum Gasteiger partial charge on any atom is 0.245 e. The molecule has 32 heavy (non-hydrogen) atoms. The van der Waals surface area contributed by atoms with Crippen molar-refractivity contribution in [3.05, 3.63) is 70.8 Å². The third kappa shape index (κ3) is 6.82. The van der Waals surface area contributed by atoms with Gasteiger partial charge in [-0.25, -0.2) is 8.42 Å². The molecule has 0 radical (unpaired) electrons. The van der Waals surface area contributed by atoms with Gasteiger partial charge in [-0.05, 0) is 62.3 Å². The number of halogens is 1. The molecule has 0 unspecified atom stereocenters. The molecule has 0 saturated heterocycles. The second-order valence-corrected chi connectivity index (χ2v) is 9.93. The molecule has 1 aliphatic rings. The lowest BCUT2D eigenvalue weighted by Gasteiger charge is -2.20. The third-order valence-electron chi connectivity index (χ3n) is 5.44. The molecular formula is C24H29ClN2O4S. The van der Waals surface area contributed by atoms with Crippen LogP contribution in [0, 0.1) is 0 Å². The third-order valence-corrected chi connectivity index (χ3v) is 7.17. The van der Waals surface area contributed by atoms with Gasteiger partial charge in [0.05, 0.1) is 7.11 Å². The van der Waals surface area contributed by atoms with E-state index in [1.807, 2.05) is 30.3 Å². The summed E-state index contributed by atoms with van der Waals surface area (Å²) in [7, 11) is -2.68. The summed E-state index contributed by atoms with van der Waals surface area (Å²) in [5, 5.41) is 3.16. The minimum Gasteiger partial charge on any atom is -0.495 e. The normalized spacial score (nSPS) is 15.0. The standard InChI is InChI=1S/C24H29ClN2O4S/c1-31-22-13-12-20(25)17-23(22)32(29,30)27-21(16-19-10-6-3-7-11-19)24(28)26-15-14-18-8-4-2-5-9-18/h3,6-8,10-13,17,21,27H,2,4-5,9,14-16H2,1H3,(H,26,28)/t21-/m1/s1. The lowest BCUT2D eigenvalue weighted by molar-refractivity contribution is -0.122. The van der Waals surface area contributed by atoms with Gasteiger partial charge in [-0.2, -0.15) is 4.72 Å². The second kappa shape index (κ2) is 11.5. The Balaban J connectivity index is 1.76. The van der Waals surface area contributed by atoms with Crippen molar-refractivity contribution in [3.8, 4) is 5.75 Å². The van der Waals surface area contributed by atoms with Crippen molar-refractivity contribution in [1.82, 2.24) is 10.0 Å². The van der Waals surface area contributed by atoms with Crippen LogP contribution in [0.15, 0.2) is 65.1 Å². The summed E-state index contributed by atoms with van der Waals surface area (Å²) in [4.78, 5) is 12.9. The number of rotatable bonds is 10. The van der Waals surface area contributed by atoms with Gasteiger partial charge in [-0.3, -0.25) is 4.79 Å². The van der Waals surface area contributed by atoms with Gasteiger partial charge in [0.25, 0.3) is 0 Å². The summed E-state index contributed by atoms with van der Waals surface area (Å²) in [6, 6.07) is 12.7. The molecule has 0 aliphatic heterocycles. The first-order valence-electron chi connectivity index (χ1n) is 10.7. The van der Waals surface area contributed by atoms with Gasteiger partial charge in [-0.1, -0.05) is 53.6 Å². The number of hydrogen-bond acceptors (Lipinski definition) is 4. The molecule has 0 fully saturated rings. The maximum atomic E-state index is 13.2. The lowest BCUT2D eigenvalue weighted by Crippen LogP contribution is -2.48. The molecule has 0 aromatic heterocycles. The second-order valence-electron chi connectivity index (χ2n) is 7.81. The number of carbonyl (C=O) groups excluding carboxylic acids is 1. The number of hydrogen-bond donors (Lipinski definition) is 2. The van der Waals surface area contributed by atoms with Gasteiger partial charge in [0.2, 0.25) is 15.9 Å². The Morgan fingerprint density at radius 1 is 1.16 bits per heavy atom. The van der Waals surface area contributed by atoms with Crippen LogP contribution in [0.1, 0.15) is 37.7 Å². The van der Waals surface area contributed by atoms with Crippen molar-refractivity contribution >= 4 is 27.5 Å². The minimum atomic E-state index is -4.07. The van der Waals surface area contributed by atoms with Crippen LogP contribution in [-0.2, 0) is 21.2 Å². The van der Waals surface area contributed by atoms with E-state index >= 15 is 0 Å². The molecule has 172 valence electrons. The van der Waals surface area contributed by atoms with Crippen molar-refractivity contribution in [2.75, 3.05) is 13.7 Å². The van der Waals surface area contributed by atoms with Gasteiger partial charge < -0.3 is 10.1 Å². The van der Waals surface area contributed by atoms with Gasteiger partial charge in [-0.15, -0.1) is 0 Å². The number of sulfonamides is 1. The zero-order valence-corrected chi connectivity index (χ0v) is 19.7. The molecule has 3 rings (SSSR count). The highest BCUT2D eigenvalue weighted by Crippen LogP contribution is 2.27. The van der Waals surface area contributed by atoms with E-state index in [0.717, 1.165) is 24.8 Å². The Morgan fingerprint density at radius 2 is 1.94 bits per heavy atom. The van der Waals surface area contributed by atoms with E-state index in [1.54, 1.807) is 6.07 Å². The monoisotopic (exact) mass is 476 g/mol. The van der Waals surface area contributed by atoms with E-state index in [0.29, 0.717) is 6.54 Å². The fourth-order valence-electron chi connectivity index (χ4n) is 3.75. The molecule has 0 saturated carbocycles. The van der Waals surface area contributed by atoms with Gasteiger partial charge in [0, 0.05) is 11.6 Å². The van der Waals surface area contributed by atoms with Crippen LogP contribution < -0.4 is 14.8 Å². The number of benzene rings is 2. The van der Waals surface area contributed by atoms with E-state index in [1.165, 1.54) is 37.7 Å². The number of carbonyl (C=O) groups is 1. The Labute approximate surface area is 195 Å². The van der Waals surface area contributed by atoms with E-state index in [-0.39, 0.29) is 28.0 Å². The lowest BCUT2D eigenvalue weighted by atomic mass is 9.97. The summed E-state index contributed by atoms with van der Waals surface area (Å²) in [5.41, 5.74) is 2.20. The van der Waals surface area contributed by atoms with Crippen molar-refractivity contribution in [3.63, 3.8) is 0 Å². The zero-order chi connectivity index (χ0) is 23.0. The Morgan fingerprint density at radius 3 is 2.62 bits per heavy atom. The average molecular weight is 477 g/mol. The van der Waals surface area contributed by atoms with Gasteiger partial charge in [0.15, 0.2) is 0 Å². The number of ether oxygens (including phenoxy) is 1. The Hall–Kier alpha value is -2.35. The SMILES string of the molecule is COc1ccc(Cl)cc1S(=O)(=O)N[C@H](Cc1ccccc1)C(=O)NCCC1=CCCCC1. The maximum absolute atomic E-state index is 13.2. The predicted octanol–water partition coefficient (Wildman–Crippen LogP) is 4.24. The quantitative estimate of drug-likeness (QED) is 0.502. The molecule has 1 amide bonds. The molecule has 2 N–H and O–H groups in total. The molecule has 2 aromatic carbocycles. The van der Waals surface area contributed by atoms with Crippen molar-refractivity contribution < 1.29 is 17.9 Å². The summed E-state index contributed by atoms with van der Waals surface area (Å²) in [6.45, 7) is 0.470. The van der Waals surface area contributed by atoms with Gasteiger partial charge in [0.1, 0.15) is 16.7 Å². The average Bonchev–Trinajstić information content (AvgIpc) is 2.80. The number of allylic oxidation sites excluding steroid dienone is 1. The topological polar surface area (TPSA) is 84.5 Å². The Kier molecular flexibility index (Phi) is 8.73. The van der Waals surface area contributed by atoms with Crippen molar-refractivity contribution in [1.29, 1.82) is 0 Å². The molecule has 6 nitrogen and oxygen atoms in total. The number of nitrogens with one attached hydrogen (secondary N) is 2. The van der Waals surface area contributed by atoms with E-state index in [2.05, 4.69) is 16.1 Å². The largest absolute Gasteiger partial charge is 0.495 e. The van der Waals surface area contributed by atoms with E-state index in [4.69, 9.17) is 16.3 Å².